The first-order valence-electron chi connectivity index (χ1n) is 6.50. The molecule has 2 aromatic carbocycles. The van der Waals surface area contributed by atoms with Crippen molar-refractivity contribution in [3.05, 3.63) is 59.4 Å². The third-order valence-corrected chi connectivity index (χ3v) is 3.09. The van der Waals surface area contributed by atoms with E-state index in [1.807, 2.05) is 24.3 Å². The second kappa shape index (κ2) is 6.91. The molecule has 2 N–H and O–H groups in total. The van der Waals surface area contributed by atoms with Crippen LogP contribution < -0.4 is 10.1 Å². The van der Waals surface area contributed by atoms with E-state index in [-0.39, 0.29) is 5.75 Å². The topological polar surface area (TPSA) is 41.5 Å². The van der Waals surface area contributed by atoms with Gasteiger partial charge in [-0.15, -0.1) is 0 Å². The van der Waals surface area contributed by atoms with Gasteiger partial charge >= 0.3 is 0 Å². The summed E-state index contributed by atoms with van der Waals surface area (Å²) in [4.78, 5) is 0. The zero-order valence-electron chi connectivity index (χ0n) is 11.4. The summed E-state index contributed by atoms with van der Waals surface area (Å²) < 4.78 is 18.2. The molecule has 0 bridgehead atoms. The van der Waals surface area contributed by atoms with Crippen molar-refractivity contribution >= 4 is 0 Å². The van der Waals surface area contributed by atoms with E-state index >= 15 is 0 Å². The zero-order chi connectivity index (χ0) is 14.4. The molecule has 106 valence electrons. The molecule has 2 rings (SSSR count). The zero-order valence-corrected chi connectivity index (χ0v) is 11.4. The molecular formula is C16H18FNO2. The molecule has 0 aliphatic rings. The normalized spacial score (nSPS) is 10.5. The van der Waals surface area contributed by atoms with Crippen molar-refractivity contribution in [2.24, 2.45) is 0 Å². The van der Waals surface area contributed by atoms with Crippen molar-refractivity contribution < 1.29 is 14.2 Å². The second-order valence-electron chi connectivity index (χ2n) is 4.56. The Hall–Kier alpha value is -2.07. The van der Waals surface area contributed by atoms with Gasteiger partial charge in [0.15, 0.2) is 11.6 Å². The number of aromatic hydroxyl groups is 1. The first-order valence-corrected chi connectivity index (χ1v) is 6.50. The van der Waals surface area contributed by atoms with Crippen molar-refractivity contribution in [2.45, 2.75) is 13.0 Å². The van der Waals surface area contributed by atoms with Gasteiger partial charge in [0.05, 0.1) is 7.11 Å². The minimum atomic E-state index is -0.584. The number of hydrogen-bond donors (Lipinski definition) is 2. The van der Waals surface area contributed by atoms with Gasteiger partial charge in [0.2, 0.25) is 0 Å². The number of phenolic OH excluding ortho intramolecular Hbond substituents is 1. The number of ether oxygens (including phenoxy) is 1. The summed E-state index contributed by atoms with van der Waals surface area (Å²) in [5.41, 5.74) is 2.03. The third-order valence-electron chi connectivity index (χ3n) is 3.09. The molecule has 20 heavy (non-hydrogen) atoms. The Bertz CT molecular complexity index is 555. The van der Waals surface area contributed by atoms with Crippen LogP contribution in [0.5, 0.6) is 11.5 Å². The molecule has 3 nitrogen and oxygen atoms in total. The van der Waals surface area contributed by atoms with Crippen LogP contribution in [0.1, 0.15) is 11.1 Å². The van der Waals surface area contributed by atoms with Crippen LogP contribution in [0, 0.1) is 5.82 Å². The highest BCUT2D eigenvalue weighted by Gasteiger charge is 2.01. The molecule has 0 aromatic heterocycles. The fourth-order valence-electron chi connectivity index (χ4n) is 1.92. The number of rotatable bonds is 6. The van der Waals surface area contributed by atoms with Gasteiger partial charge in [0.1, 0.15) is 5.75 Å². The van der Waals surface area contributed by atoms with E-state index in [0.29, 0.717) is 6.54 Å². The Morgan fingerprint density at radius 2 is 1.80 bits per heavy atom. The molecule has 0 radical (unpaired) electrons. The van der Waals surface area contributed by atoms with Crippen LogP contribution in [0.2, 0.25) is 0 Å². The maximum absolute atomic E-state index is 13.1. The van der Waals surface area contributed by atoms with Gasteiger partial charge in [-0.3, -0.25) is 0 Å². The molecule has 4 heteroatoms. The van der Waals surface area contributed by atoms with Gasteiger partial charge in [-0.2, -0.15) is 0 Å². The Balaban J connectivity index is 1.76. The number of methoxy groups -OCH3 is 1. The minimum absolute atomic E-state index is 0.313. The Morgan fingerprint density at radius 3 is 2.45 bits per heavy atom. The van der Waals surface area contributed by atoms with Gasteiger partial charge in [-0.1, -0.05) is 18.2 Å². The third kappa shape index (κ3) is 3.96. The van der Waals surface area contributed by atoms with E-state index < -0.39 is 5.82 Å². The van der Waals surface area contributed by atoms with Gasteiger partial charge < -0.3 is 15.2 Å². The average molecular weight is 275 g/mol. The Kier molecular flexibility index (Phi) is 4.96. The number of halogens is 1. The molecule has 2 aromatic rings. The lowest BCUT2D eigenvalue weighted by atomic mass is 10.1. The molecule has 0 amide bonds. The molecule has 0 aliphatic heterocycles. The lowest BCUT2D eigenvalue weighted by Gasteiger charge is -2.06. The van der Waals surface area contributed by atoms with Crippen LogP contribution in [0.25, 0.3) is 0 Å². The summed E-state index contributed by atoms with van der Waals surface area (Å²) in [6, 6.07) is 12.3. The van der Waals surface area contributed by atoms with Crippen molar-refractivity contribution in [2.75, 3.05) is 13.7 Å². The number of nitrogens with one attached hydrogen (secondary N) is 1. The highest BCUT2D eigenvalue weighted by Crippen LogP contribution is 2.16. The van der Waals surface area contributed by atoms with E-state index in [2.05, 4.69) is 5.32 Å². The molecule has 0 heterocycles. The lowest BCUT2D eigenvalue weighted by molar-refractivity contribution is 0.414. The van der Waals surface area contributed by atoms with Gasteiger partial charge in [-0.05, 0) is 48.4 Å². The smallest absolute Gasteiger partial charge is 0.165 e. The van der Waals surface area contributed by atoms with Crippen LogP contribution in [0.4, 0.5) is 4.39 Å². The van der Waals surface area contributed by atoms with E-state index in [4.69, 9.17) is 9.84 Å². The molecule has 0 fully saturated rings. The first kappa shape index (κ1) is 14.3. The predicted molar refractivity (Wildman–Crippen MR) is 76.5 cm³/mol. The van der Waals surface area contributed by atoms with Crippen LogP contribution >= 0.6 is 0 Å². The van der Waals surface area contributed by atoms with Crippen LogP contribution in [-0.2, 0) is 13.0 Å². The summed E-state index contributed by atoms with van der Waals surface area (Å²) in [7, 11) is 1.65. The Labute approximate surface area is 118 Å². The molecule has 0 spiro atoms. The van der Waals surface area contributed by atoms with Crippen molar-refractivity contribution in [3.63, 3.8) is 0 Å². The van der Waals surface area contributed by atoms with E-state index in [1.165, 1.54) is 17.7 Å². The molecule has 0 saturated carbocycles. The summed E-state index contributed by atoms with van der Waals surface area (Å²) in [5.74, 6) is -0.0484. The predicted octanol–water partition coefficient (Wildman–Crippen LogP) is 2.87. The van der Waals surface area contributed by atoms with Crippen LogP contribution in [0.3, 0.4) is 0 Å². The standard InChI is InChI=1S/C16H18FNO2/c1-20-14-5-2-12(3-6-14)8-9-18-11-13-4-7-16(19)15(17)10-13/h2-7,10,18-19H,8-9,11H2,1H3. The first-order chi connectivity index (χ1) is 9.69. The molecule has 0 atom stereocenters. The van der Waals surface area contributed by atoms with E-state index in [0.717, 1.165) is 24.3 Å². The molecular weight excluding hydrogens is 257 g/mol. The van der Waals surface area contributed by atoms with Crippen molar-refractivity contribution in [1.82, 2.24) is 5.32 Å². The monoisotopic (exact) mass is 275 g/mol. The van der Waals surface area contributed by atoms with Gasteiger partial charge in [0.25, 0.3) is 0 Å². The quantitative estimate of drug-likeness (QED) is 0.797. The highest BCUT2D eigenvalue weighted by molar-refractivity contribution is 5.28. The minimum Gasteiger partial charge on any atom is -0.505 e. The maximum Gasteiger partial charge on any atom is 0.165 e. The summed E-state index contributed by atoms with van der Waals surface area (Å²) in [6.45, 7) is 1.38. The van der Waals surface area contributed by atoms with Crippen LogP contribution in [0.15, 0.2) is 42.5 Å². The van der Waals surface area contributed by atoms with Crippen LogP contribution in [-0.4, -0.2) is 18.8 Å². The number of benzene rings is 2. The molecule has 0 aliphatic carbocycles. The van der Waals surface area contributed by atoms with E-state index in [9.17, 15) is 4.39 Å². The number of hydrogen-bond acceptors (Lipinski definition) is 3. The van der Waals surface area contributed by atoms with Gasteiger partial charge in [0, 0.05) is 6.54 Å². The Morgan fingerprint density at radius 1 is 1.10 bits per heavy atom. The highest BCUT2D eigenvalue weighted by atomic mass is 19.1. The second-order valence-corrected chi connectivity index (χ2v) is 4.56. The fraction of sp³-hybridized carbons (Fsp3) is 0.250. The molecule has 0 unspecified atom stereocenters. The number of phenols is 1. The maximum atomic E-state index is 13.1. The average Bonchev–Trinajstić information content (AvgIpc) is 2.48. The summed E-state index contributed by atoms with van der Waals surface area (Å²) >= 11 is 0. The fourth-order valence-corrected chi connectivity index (χ4v) is 1.92. The lowest BCUT2D eigenvalue weighted by Crippen LogP contribution is -2.16. The van der Waals surface area contributed by atoms with Crippen molar-refractivity contribution in [3.8, 4) is 11.5 Å². The van der Waals surface area contributed by atoms with Gasteiger partial charge in [-0.25, -0.2) is 4.39 Å². The SMILES string of the molecule is COc1ccc(CCNCc2ccc(O)c(F)c2)cc1. The van der Waals surface area contributed by atoms with Crippen molar-refractivity contribution in [1.29, 1.82) is 0 Å². The van der Waals surface area contributed by atoms with E-state index in [1.54, 1.807) is 13.2 Å². The summed E-state index contributed by atoms with van der Waals surface area (Å²) in [6.07, 6.45) is 0.893. The molecule has 0 saturated heterocycles. The summed E-state index contributed by atoms with van der Waals surface area (Å²) in [5, 5.41) is 12.3. The largest absolute Gasteiger partial charge is 0.505 e.